The summed E-state index contributed by atoms with van der Waals surface area (Å²) in [6, 6.07) is 4.61. The van der Waals surface area contributed by atoms with Crippen LogP contribution in [0.5, 0.6) is 5.88 Å². The van der Waals surface area contributed by atoms with Crippen LogP contribution in [0.2, 0.25) is 5.15 Å². The first-order valence-corrected chi connectivity index (χ1v) is 11.8. The Kier molecular flexibility index (Phi) is 6.16. The summed E-state index contributed by atoms with van der Waals surface area (Å²) < 4.78 is 47.8. The van der Waals surface area contributed by atoms with Crippen molar-refractivity contribution in [3.05, 3.63) is 58.8 Å². The molecule has 38 heavy (non-hydrogen) atoms. The molecule has 2 amide bonds. The summed E-state index contributed by atoms with van der Waals surface area (Å²) in [4.78, 5) is 37.5. The molecule has 4 heterocycles. The second-order valence-corrected chi connectivity index (χ2v) is 9.96. The molecule has 0 bridgehead atoms. The smallest absolute Gasteiger partial charge is 0.435 e. The molecule has 5 rings (SSSR count). The van der Waals surface area contributed by atoms with Gasteiger partial charge in [-0.25, -0.2) is 24.4 Å². The van der Waals surface area contributed by atoms with Crippen LogP contribution in [-0.4, -0.2) is 65.9 Å². The molecule has 1 saturated heterocycles. The SMILES string of the molecule is CC(C)(NC(=O)O)c1cc(Cl)nc(OC2[C@H]3CN(C(=O)c4cn(-c5ncccn5)nc4C(F)(F)F)C[C@@H]23)c1. The third-order valence-electron chi connectivity index (χ3n) is 6.54. The number of aromatic nitrogens is 5. The van der Waals surface area contributed by atoms with Gasteiger partial charge in [0.05, 0.1) is 11.1 Å². The van der Waals surface area contributed by atoms with E-state index in [1.165, 1.54) is 29.4 Å². The summed E-state index contributed by atoms with van der Waals surface area (Å²) in [5.41, 5.74) is -2.32. The number of fused-ring (bicyclic) bond motifs is 1. The highest BCUT2D eigenvalue weighted by molar-refractivity contribution is 6.29. The van der Waals surface area contributed by atoms with Gasteiger partial charge in [0.25, 0.3) is 5.91 Å². The third kappa shape index (κ3) is 4.95. The van der Waals surface area contributed by atoms with Crippen LogP contribution in [0.3, 0.4) is 0 Å². The summed E-state index contributed by atoms with van der Waals surface area (Å²) in [5.74, 6) is -0.904. The van der Waals surface area contributed by atoms with Crippen molar-refractivity contribution in [2.24, 2.45) is 11.8 Å². The molecule has 11 nitrogen and oxygen atoms in total. The number of piperidine rings is 1. The maximum absolute atomic E-state index is 13.7. The minimum Gasteiger partial charge on any atom is -0.474 e. The number of halogens is 4. The standard InChI is InChI=1S/C23H21ClF3N7O4/c1-22(2,31-21(36)37)11-6-15(24)30-16(7-11)38-17-12-8-33(9-13(12)17)19(35)14-10-34(20-28-4-3-5-29-20)32-18(14)23(25,26)27/h3-7,10,12-13,17,31H,8-9H2,1-2H3,(H,36,37)/t12-,13+,17?. The zero-order valence-electron chi connectivity index (χ0n) is 20.0. The van der Waals surface area contributed by atoms with Crippen LogP contribution < -0.4 is 10.1 Å². The van der Waals surface area contributed by atoms with Crippen LogP contribution in [0, 0.1) is 11.8 Å². The molecule has 2 fully saturated rings. The molecule has 3 atom stereocenters. The van der Waals surface area contributed by atoms with Crippen LogP contribution >= 0.6 is 11.6 Å². The number of carbonyl (C=O) groups is 2. The fourth-order valence-electron chi connectivity index (χ4n) is 4.61. The van der Waals surface area contributed by atoms with Crippen molar-refractivity contribution in [1.29, 1.82) is 0 Å². The van der Waals surface area contributed by atoms with E-state index in [2.05, 4.69) is 25.4 Å². The highest BCUT2D eigenvalue weighted by Gasteiger charge is 2.59. The zero-order valence-corrected chi connectivity index (χ0v) is 20.7. The largest absolute Gasteiger partial charge is 0.474 e. The fourth-order valence-corrected chi connectivity index (χ4v) is 4.81. The van der Waals surface area contributed by atoms with Crippen molar-refractivity contribution >= 4 is 23.6 Å². The maximum Gasteiger partial charge on any atom is 0.435 e. The van der Waals surface area contributed by atoms with Crippen LogP contribution in [0.15, 0.2) is 36.8 Å². The normalized spacial score (nSPS) is 20.7. The summed E-state index contributed by atoms with van der Waals surface area (Å²) in [6.07, 6.45) is -2.66. The molecule has 2 N–H and O–H groups in total. The molecule has 3 aromatic heterocycles. The quantitative estimate of drug-likeness (QED) is 0.445. The van der Waals surface area contributed by atoms with E-state index < -0.39 is 35.0 Å². The Morgan fingerprint density at radius 3 is 2.42 bits per heavy atom. The third-order valence-corrected chi connectivity index (χ3v) is 6.74. The van der Waals surface area contributed by atoms with Crippen LogP contribution in [0.25, 0.3) is 5.95 Å². The van der Waals surface area contributed by atoms with Gasteiger partial charge in [-0.3, -0.25) is 4.79 Å². The molecule has 0 aromatic carbocycles. The van der Waals surface area contributed by atoms with Crippen molar-refractivity contribution < 1.29 is 32.6 Å². The summed E-state index contributed by atoms with van der Waals surface area (Å²) in [7, 11) is 0. The highest BCUT2D eigenvalue weighted by atomic mass is 35.5. The first-order valence-electron chi connectivity index (χ1n) is 11.4. The molecule has 2 aliphatic rings. The molecule has 0 spiro atoms. The van der Waals surface area contributed by atoms with E-state index in [1.54, 1.807) is 19.9 Å². The Balaban J connectivity index is 1.28. The average Bonchev–Trinajstić information content (AvgIpc) is 3.21. The van der Waals surface area contributed by atoms with Gasteiger partial charge < -0.3 is 20.1 Å². The summed E-state index contributed by atoms with van der Waals surface area (Å²) in [5, 5.41) is 15.1. The van der Waals surface area contributed by atoms with E-state index in [0.29, 0.717) is 5.56 Å². The molecule has 0 radical (unpaired) electrons. The van der Waals surface area contributed by atoms with E-state index in [-0.39, 0.29) is 48.0 Å². The van der Waals surface area contributed by atoms with Gasteiger partial charge >= 0.3 is 12.3 Å². The molecule has 1 aliphatic heterocycles. The van der Waals surface area contributed by atoms with E-state index in [1.807, 2.05) is 0 Å². The molecule has 1 saturated carbocycles. The second-order valence-electron chi connectivity index (χ2n) is 9.57. The number of hydrogen-bond donors (Lipinski definition) is 2. The Bertz CT molecular complexity index is 1390. The zero-order chi connectivity index (χ0) is 27.4. The number of hydrogen-bond acceptors (Lipinski definition) is 7. The fraction of sp³-hybridized carbons (Fsp3) is 0.391. The first kappa shape index (κ1) is 25.7. The predicted molar refractivity (Wildman–Crippen MR) is 125 cm³/mol. The van der Waals surface area contributed by atoms with Gasteiger partial charge in [0.2, 0.25) is 11.8 Å². The number of ether oxygens (including phenoxy) is 1. The van der Waals surface area contributed by atoms with E-state index in [9.17, 15) is 22.8 Å². The van der Waals surface area contributed by atoms with Crippen molar-refractivity contribution in [3.63, 3.8) is 0 Å². The van der Waals surface area contributed by atoms with Gasteiger partial charge in [0.1, 0.15) is 11.3 Å². The van der Waals surface area contributed by atoms with Crippen molar-refractivity contribution in [2.45, 2.75) is 31.7 Å². The summed E-state index contributed by atoms with van der Waals surface area (Å²) in [6.45, 7) is 3.70. The minimum atomic E-state index is -4.85. The van der Waals surface area contributed by atoms with Crippen molar-refractivity contribution in [1.82, 2.24) is 34.9 Å². The molecule has 1 unspecified atom stereocenters. The number of nitrogens with zero attached hydrogens (tertiary/aromatic N) is 6. The number of amides is 2. The lowest BCUT2D eigenvalue weighted by atomic mass is 9.95. The number of nitrogens with one attached hydrogen (secondary N) is 1. The topological polar surface area (TPSA) is 135 Å². The number of likely N-dealkylation sites (tertiary alicyclic amines) is 1. The Morgan fingerprint density at radius 1 is 1.16 bits per heavy atom. The number of carbonyl (C=O) groups excluding carboxylic acids is 1. The van der Waals surface area contributed by atoms with E-state index in [4.69, 9.17) is 21.4 Å². The van der Waals surface area contributed by atoms with E-state index >= 15 is 0 Å². The molecule has 200 valence electrons. The van der Waals surface area contributed by atoms with Crippen LogP contribution in [0.1, 0.15) is 35.5 Å². The molecule has 3 aromatic rings. The Morgan fingerprint density at radius 2 is 1.82 bits per heavy atom. The van der Waals surface area contributed by atoms with E-state index in [0.717, 1.165) is 10.9 Å². The molecular weight excluding hydrogens is 531 g/mol. The van der Waals surface area contributed by atoms with Crippen LogP contribution in [-0.2, 0) is 11.7 Å². The second kappa shape index (κ2) is 9.11. The lowest BCUT2D eigenvalue weighted by molar-refractivity contribution is -0.141. The monoisotopic (exact) mass is 551 g/mol. The minimum absolute atomic E-state index is 0.0927. The van der Waals surface area contributed by atoms with Crippen molar-refractivity contribution in [3.8, 4) is 11.8 Å². The maximum atomic E-state index is 13.7. The number of carboxylic acid groups (broad SMARTS) is 1. The van der Waals surface area contributed by atoms with Gasteiger partial charge in [-0.1, -0.05) is 11.6 Å². The molecular formula is C23H21ClF3N7O4. The molecule has 1 aliphatic carbocycles. The highest BCUT2D eigenvalue weighted by Crippen LogP contribution is 2.48. The summed E-state index contributed by atoms with van der Waals surface area (Å²) >= 11 is 6.12. The lowest BCUT2D eigenvalue weighted by Gasteiger charge is -2.26. The van der Waals surface area contributed by atoms with Gasteiger partial charge in [-0.15, -0.1) is 0 Å². The lowest BCUT2D eigenvalue weighted by Crippen LogP contribution is -2.40. The number of alkyl halides is 3. The van der Waals surface area contributed by atoms with Gasteiger partial charge in [0, 0.05) is 49.6 Å². The van der Waals surface area contributed by atoms with Crippen molar-refractivity contribution in [2.75, 3.05) is 13.1 Å². The first-order chi connectivity index (χ1) is 17.8. The van der Waals surface area contributed by atoms with Crippen LogP contribution in [0.4, 0.5) is 18.0 Å². The Labute approximate surface area is 218 Å². The van der Waals surface area contributed by atoms with Gasteiger partial charge in [-0.05, 0) is 31.5 Å². The average molecular weight is 552 g/mol. The number of rotatable bonds is 6. The van der Waals surface area contributed by atoms with Gasteiger partial charge in [0.15, 0.2) is 5.69 Å². The van der Waals surface area contributed by atoms with Gasteiger partial charge in [-0.2, -0.15) is 18.3 Å². The number of pyridine rings is 1. The Hall–Kier alpha value is -3.94. The molecule has 15 heteroatoms. The predicted octanol–water partition coefficient (Wildman–Crippen LogP) is 3.38.